The van der Waals surface area contributed by atoms with Crippen LogP contribution in [-0.4, -0.2) is 5.11 Å². The highest BCUT2D eigenvalue weighted by Crippen LogP contribution is 2.35. The summed E-state index contributed by atoms with van der Waals surface area (Å²) < 4.78 is 1.01. The number of hydrogen-bond acceptors (Lipinski definition) is 2. The van der Waals surface area contributed by atoms with Crippen LogP contribution in [0.2, 0.25) is 5.02 Å². The topological polar surface area (TPSA) is 20.2 Å². The van der Waals surface area contributed by atoms with Crippen LogP contribution in [0.4, 0.5) is 0 Å². The molecule has 0 radical (unpaired) electrons. The minimum atomic E-state index is -0.635. The SMILES string of the molecule is OC(c1csc(Br)c1)c1ccc(Cl)c2ccccc12. The molecule has 0 fully saturated rings. The molecule has 1 heterocycles. The average Bonchev–Trinajstić information content (AvgIpc) is 2.86. The lowest BCUT2D eigenvalue weighted by molar-refractivity contribution is 0.222. The Hall–Kier alpha value is -0.870. The quantitative estimate of drug-likeness (QED) is 0.654. The molecular weight excluding hydrogens is 344 g/mol. The highest BCUT2D eigenvalue weighted by atomic mass is 79.9. The molecule has 0 bridgehead atoms. The fourth-order valence-electron chi connectivity index (χ4n) is 2.17. The van der Waals surface area contributed by atoms with Gasteiger partial charge < -0.3 is 5.11 Å². The average molecular weight is 354 g/mol. The van der Waals surface area contributed by atoms with E-state index in [4.69, 9.17) is 11.6 Å². The standard InChI is InChI=1S/C15H10BrClOS/c16-14-7-9(8-19-14)15(18)12-5-6-13(17)11-4-2-1-3-10(11)12/h1-8,15,18H. The van der Waals surface area contributed by atoms with Crippen LogP contribution >= 0.6 is 38.9 Å². The molecule has 0 aliphatic carbocycles. The van der Waals surface area contributed by atoms with Crippen molar-refractivity contribution in [1.29, 1.82) is 0 Å². The third-order valence-corrected chi connectivity index (χ3v) is 4.95. The molecule has 4 heteroatoms. The number of benzene rings is 2. The van der Waals surface area contributed by atoms with Crippen LogP contribution < -0.4 is 0 Å². The van der Waals surface area contributed by atoms with Gasteiger partial charge in [0.25, 0.3) is 0 Å². The number of halogens is 2. The molecule has 19 heavy (non-hydrogen) atoms. The molecule has 0 aliphatic heterocycles. The summed E-state index contributed by atoms with van der Waals surface area (Å²) in [6.45, 7) is 0. The number of fused-ring (bicyclic) bond motifs is 1. The van der Waals surface area contributed by atoms with Gasteiger partial charge >= 0.3 is 0 Å². The summed E-state index contributed by atoms with van der Waals surface area (Å²) in [5.74, 6) is 0. The van der Waals surface area contributed by atoms with E-state index in [0.29, 0.717) is 5.02 Å². The summed E-state index contributed by atoms with van der Waals surface area (Å²) in [6, 6.07) is 13.5. The molecule has 0 aliphatic rings. The monoisotopic (exact) mass is 352 g/mol. The van der Waals surface area contributed by atoms with Gasteiger partial charge in [-0.3, -0.25) is 0 Å². The highest BCUT2D eigenvalue weighted by molar-refractivity contribution is 9.11. The number of thiophene rings is 1. The van der Waals surface area contributed by atoms with Crippen LogP contribution in [0.15, 0.2) is 51.6 Å². The van der Waals surface area contributed by atoms with Crippen molar-refractivity contribution in [2.75, 3.05) is 0 Å². The van der Waals surface area contributed by atoms with Crippen molar-refractivity contribution >= 4 is 49.6 Å². The van der Waals surface area contributed by atoms with Gasteiger partial charge in [-0.2, -0.15) is 0 Å². The Morgan fingerprint density at radius 3 is 2.53 bits per heavy atom. The lowest BCUT2D eigenvalue weighted by Gasteiger charge is -2.13. The fourth-order valence-corrected chi connectivity index (χ4v) is 3.59. The third-order valence-electron chi connectivity index (χ3n) is 3.10. The number of hydrogen-bond donors (Lipinski definition) is 1. The fraction of sp³-hybridized carbons (Fsp3) is 0.0667. The number of aliphatic hydroxyl groups is 1. The van der Waals surface area contributed by atoms with Gasteiger partial charge in [-0.1, -0.05) is 41.9 Å². The summed E-state index contributed by atoms with van der Waals surface area (Å²) in [5, 5.41) is 15.2. The predicted octanol–water partition coefficient (Wildman–Crippen LogP) is 5.40. The molecule has 1 aromatic heterocycles. The molecule has 3 rings (SSSR count). The van der Waals surface area contributed by atoms with E-state index < -0.39 is 6.10 Å². The molecule has 0 amide bonds. The second kappa shape index (κ2) is 5.25. The molecule has 2 aromatic carbocycles. The Balaban J connectivity index is 2.18. The first-order chi connectivity index (χ1) is 9.16. The van der Waals surface area contributed by atoms with E-state index in [1.807, 2.05) is 47.8 Å². The normalized spacial score (nSPS) is 12.8. The van der Waals surface area contributed by atoms with Crippen LogP contribution in [0.1, 0.15) is 17.2 Å². The summed E-state index contributed by atoms with van der Waals surface area (Å²) >= 11 is 11.2. The molecule has 1 N–H and O–H groups in total. The van der Waals surface area contributed by atoms with Gasteiger partial charge in [0.1, 0.15) is 6.10 Å². The summed E-state index contributed by atoms with van der Waals surface area (Å²) in [5.41, 5.74) is 1.77. The summed E-state index contributed by atoms with van der Waals surface area (Å²) in [4.78, 5) is 0. The molecule has 96 valence electrons. The summed E-state index contributed by atoms with van der Waals surface area (Å²) in [6.07, 6.45) is -0.635. The Morgan fingerprint density at radius 1 is 1.11 bits per heavy atom. The van der Waals surface area contributed by atoms with E-state index in [0.717, 1.165) is 25.7 Å². The predicted molar refractivity (Wildman–Crippen MR) is 85.0 cm³/mol. The Labute approximate surface area is 128 Å². The van der Waals surface area contributed by atoms with Gasteiger partial charge in [-0.25, -0.2) is 0 Å². The molecule has 3 aromatic rings. The van der Waals surface area contributed by atoms with Crippen molar-refractivity contribution in [3.05, 3.63) is 67.8 Å². The Kier molecular flexibility index (Phi) is 3.63. The first-order valence-electron chi connectivity index (χ1n) is 5.76. The lowest BCUT2D eigenvalue weighted by Crippen LogP contribution is -1.99. The molecule has 0 spiro atoms. The van der Waals surface area contributed by atoms with Crippen LogP contribution in [-0.2, 0) is 0 Å². The molecule has 0 saturated carbocycles. The van der Waals surface area contributed by atoms with E-state index in [2.05, 4.69) is 15.9 Å². The van der Waals surface area contributed by atoms with Gasteiger partial charge in [-0.05, 0) is 50.0 Å². The third kappa shape index (κ3) is 2.43. The van der Waals surface area contributed by atoms with Gasteiger partial charge in [-0.15, -0.1) is 11.3 Å². The van der Waals surface area contributed by atoms with Gasteiger partial charge in [0.05, 0.1) is 3.79 Å². The van der Waals surface area contributed by atoms with Crippen LogP contribution in [0.25, 0.3) is 10.8 Å². The highest BCUT2D eigenvalue weighted by Gasteiger charge is 2.15. The zero-order valence-electron chi connectivity index (χ0n) is 9.81. The second-order valence-corrected chi connectivity index (χ2v) is 6.97. The Morgan fingerprint density at radius 2 is 1.84 bits per heavy atom. The maximum Gasteiger partial charge on any atom is 0.105 e. The van der Waals surface area contributed by atoms with E-state index in [1.54, 1.807) is 11.3 Å². The first-order valence-corrected chi connectivity index (χ1v) is 7.81. The molecule has 1 atom stereocenters. The van der Waals surface area contributed by atoms with Crippen molar-refractivity contribution in [2.24, 2.45) is 0 Å². The molecule has 1 unspecified atom stereocenters. The van der Waals surface area contributed by atoms with Crippen molar-refractivity contribution in [3.63, 3.8) is 0 Å². The van der Waals surface area contributed by atoms with Crippen molar-refractivity contribution < 1.29 is 5.11 Å². The van der Waals surface area contributed by atoms with Crippen molar-refractivity contribution in [2.45, 2.75) is 6.10 Å². The van der Waals surface area contributed by atoms with Gasteiger partial charge in [0, 0.05) is 10.4 Å². The van der Waals surface area contributed by atoms with E-state index in [1.165, 1.54) is 0 Å². The van der Waals surface area contributed by atoms with Crippen LogP contribution in [0.3, 0.4) is 0 Å². The minimum Gasteiger partial charge on any atom is -0.384 e. The second-order valence-electron chi connectivity index (χ2n) is 4.27. The number of rotatable bonds is 2. The molecule has 1 nitrogen and oxygen atoms in total. The largest absolute Gasteiger partial charge is 0.384 e. The summed E-state index contributed by atoms with van der Waals surface area (Å²) in [7, 11) is 0. The zero-order valence-corrected chi connectivity index (χ0v) is 13.0. The van der Waals surface area contributed by atoms with Crippen LogP contribution in [0, 0.1) is 0 Å². The number of aliphatic hydroxyl groups excluding tert-OH is 1. The Bertz CT molecular complexity index is 738. The minimum absolute atomic E-state index is 0.635. The maximum absolute atomic E-state index is 10.5. The lowest BCUT2D eigenvalue weighted by atomic mass is 9.97. The molecule has 0 saturated heterocycles. The first kappa shape index (κ1) is 13.1. The van der Waals surface area contributed by atoms with E-state index >= 15 is 0 Å². The van der Waals surface area contributed by atoms with Crippen molar-refractivity contribution in [1.82, 2.24) is 0 Å². The van der Waals surface area contributed by atoms with Crippen molar-refractivity contribution in [3.8, 4) is 0 Å². The van der Waals surface area contributed by atoms with Gasteiger partial charge in [0.15, 0.2) is 0 Å². The van der Waals surface area contributed by atoms with E-state index in [9.17, 15) is 5.11 Å². The van der Waals surface area contributed by atoms with E-state index in [-0.39, 0.29) is 0 Å². The maximum atomic E-state index is 10.5. The smallest absolute Gasteiger partial charge is 0.105 e. The zero-order chi connectivity index (χ0) is 13.4. The van der Waals surface area contributed by atoms with Gasteiger partial charge in [0.2, 0.25) is 0 Å². The molecular formula is C15H10BrClOS. The van der Waals surface area contributed by atoms with Crippen LogP contribution in [0.5, 0.6) is 0 Å².